The fourth-order valence-electron chi connectivity index (χ4n) is 3.04. The quantitative estimate of drug-likeness (QED) is 0.921. The Morgan fingerprint density at radius 3 is 2.78 bits per heavy atom. The summed E-state index contributed by atoms with van der Waals surface area (Å²) in [5.74, 6) is -0.118. The number of amides is 1. The molecule has 0 saturated carbocycles. The number of carbonyl (C=O) groups is 1. The van der Waals surface area contributed by atoms with E-state index in [2.05, 4.69) is 10.4 Å². The Morgan fingerprint density at radius 2 is 2.09 bits per heavy atom. The molecule has 0 spiro atoms. The number of ether oxygens (including phenoxy) is 1. The lowest BCUT2D eigenvalue weighted by atomic mass is 9.96. The maximum Gasteiger partial charge on any atom is 0.231 e. The second-order valence-electron chi connectivity index (χ2n) is 5.91. The third-order valence-electron chi connectivity index (χ3n) is 4.36. The van der Waals surface area contributed by atoms with Crippen molar-refractivity contribution < 1.29 is 9.53 Å². The van der Waals surface area contributed by atoms with Gasteiger partial charge < -0.3 is 10.1 Å². The van der Waals surface area contributed by atoms with E-state index in [1.807, 2.05) is 48.1 Å². The van der Waals surface area contributed by atoms with Gasteiger partial charge in [-0.05, 0) is 24.8 Å². The second kappa shape index (κ2) is 7.42. The van der Waals surface area contributed by atoms with Gasteiger partial charge in [0.1, 0.15) is 0 Å². The second-order valence-corrected chi connectivity index (χ2v) is 5.91. The van der Waals surface area contributed by atoms with Crippen molar-refractivity contribution in [2.45, 2.75) is 38.1 Å². The number of nitrogens with zero attached hydrogens (tertiary/aromatic N) is 2. The van der Waals surface area contributed by atoms with E-state index < -0.39 is 0 Å². The van der Waals surface area contributed by atoms with Gasteiger partial charge in [0.2, 0.25) is 5.91 Å². The molecule has 2 aromatic rings. The van der Waals surface area contributed by atoms with Crippen LogP contribution in [-0.2, 0) is 9.53 Å². The number of nitrogens with one attached hydrogen (secondary N) is 1. The highest BCUT2D eigenvalue weighted by molar-refractivity contribution is 5.95. The van der Waals surface area contributed by atoms with Crippen molar-refractivity contribution in [1.82, 2.24) is 9.78 Å². The fraction of sp³-hybridized carbons (Fsp3) is 0.444. The van der Waals surface area contributed by atoms with Gasteiger partial charge in [0.05, 0.1) is 23.8 Å². The molecule has 1 fully saturated rings. The van der Waals surface area contributed by atoms with Crippen molar-refractivity contribution in [3.63, 3.8) is 0 Å². The van der Waals surface area contributed by atoms with Crippen molar-refractivity contribution in [2.75, 3.05) is 18.5 Å². The minimum atomic E-state index is -0.136. The number of anilines is 1. The largest absolute Gasteiger partial charge is 0.381 e. The highest BCUT2D eigenvalue weighted by Crippen LogP contribution is 2.24. The molecular formula is C18H23N3O2. The van der Waals surface area contributed by atoms with Crippen LogP contribution in [0.2, 0.25) is 0 Å². The zero-order chi connectivity index (χ0) is 16.1. The molecule has 122 valence electrons. The lowest BCUT2D eigenvalue weighted by molar-refractivity contribution is -0.117. The van der Waals surface area contributed by atoms with E-state index in [4.69, 9.17) is 4.74 Å². The Hall–Kier alpha value is -2.14. The molecule has 5 heteroatoms. The van der Waals surface area contributed by atoms with Crippen LogP contribution in [-0.4, -0.2) is 28.9 Å². The van der Waals surface area contributed by atoms with E-state index >= 15 is 0 Å². The summed E-state index contributed by atoms with van der Waals surface area (Å²) >= 11 is 0. The summed E-state index contributed by atoms with van der Waals surface area (Å²) in [6.07, 6.45) is 6.36. The molecule has 0 aliphatic carbocycles. The molecule has 3 rings (SSSR count). The number of rotatable bonds is 5. The molecule has 1 amide bonds. The van der Waals surface area contributed by atoms with Crippen LogP contribution in [0.1, 0.15) is 43.7 Å². The Morgan fingerprint density at radius 1 is 1.35 bits per heavy atom. The molecule has 0 radical (unpaired) electrons. The van der Waals surface area contributed by atoms with Crippen LogP contribution in [0.5, 0.6) is 0 Å². The molecule has 23 heavy (non-hydrogen) atoms. The van der Waals surface area contributed by atoms with E-state index in [1.165, 1.54) is 0 Å². The van der Waals surface area contributed by atoms with Crippen LogP contribution in [0.3, 0.4) is 0 Å². The van der Waals surface area contributed by atoms with Crippen molar-refractivity contribution in [3.05, 3.63) is 48.3 Å². The summed E-state index contributed by atoms with van der Waals surface area (Å²) in [6, 6.07) is 10.3. The van der Waals surface area contributed by atoms with Gasteiger partial charge >= 0.3 is 0 Å². The minimum absolute atomic E-state index is 0.0187. The molecule has 5 nitrogen and oxygen atoms in total. The summed E-state index contributed by atoms with van der Waals surface area (Å²) < 4.78 is 7.32. The van der Waals surface area contributed by atoms with Gasteiger partial charge in [0.25, 0.3) is 0 Å². The van der Waals surface area contributed by atoms with Gasteiger partial charge in [-0.3, -0.25) is 9.48 Å². The van der Waals surface area contributed by atoms with E-state index in [1.54, 1.807) is 6.20 Å². The first-order valence-corrected chi connectivity index (χ1v) is 8.25. The molecule has 0 bridgehead atoms. The van der Waals surface area contributed by atoms with Gasteiger partial charge in [-0.2, -0.15) is 5.10 Å². The van der Waals surface area contributed by atoms with Gasteiger partial charge in [0.15, 0.2) is 0 Å². The smallest absolute Gasteiger partial charge is 0.231 e. The summed E-state index contributed by atoms with van der Waals surface area (Å²) in [5, 5.41) is 7.39. The van der Waals surface area contributed by atoms with Gasteiger partial charge in [0, 0.05) is 19.4 Å². The SMILES string of the molecule is CC[C@H](C(=O)Nc1cnn(C2CCOCC2)c1)c1ccccc1. The third-order valence-corrected chi connectivity index (χ3v) is 4.36. The molecule has 1 aromatic carbocycles. The Balaban J connectivity index is 1.66. The Bertz CT molecular complexity index is 633. The van der Waals surface area contributed by atoms with E-state index in [9.17, 15) is 4.79 Å². The maximum atomic E-state index is 12.6. The summed E-state index contributed by atoms with van der Waals surface area (Å²) in [4.78, 5) is 12.6. The highest BCUT2D eigenvalue weighted by atomic mass is 16.5. The van der Waals surface area contributed by atoms with Crippen molar-refractivity contribution >= 4 is 11.6 Å². The van der Waals surface area contributed by atoms with Crippen LogP contribution >= 0.6 is 0 Å². The average molecular weight is 313 g/mol. The number of hydrogen-bond donors (Lipinski definition) is 1. The summed E-state index contributed by atoms with van der Waals surface area (Å²) in [7, 11) is 0. The van der Waals surface area contributed by atoms with Crippen molar-refractivity contribution in [1.29, 1.82) is 0 Å². The van der Waals surface area contributed by atoms with E-state index in [0.717, 1.165) is 43.7 Å². The molecule has 1 N–H and O–H groups in total. The lowest BCUT2D eigenvalue weighted by Gasteiger charge is -2.22. The zero-order valence-electron chi connectivity index (χ0n) is 13.4. The highest BCUT2D eigenvalue weighted by Gasteiger charge is 2.20. The van der Waals surface area contributed by atoms with Gasteiger partial charge in [-0.1, -0.05) is 37.3 Å². The average Bonchev–Trinajstić information content (AvgIpc) is 3.06. The molecular weight excluding hydrogens is 290 g/mol. The van der Waals surface area contributed by atoms with Gasteiger partial charge in [-0.15, -0.1) is 0 Å². The lowest BCUT2D eigenvalue weighted by Crippen LogP contribution is -2.21. The third kappa shape index (κ3) is 3.79. The first-order chi connectivity index (χ1) is 11.3. The van der Waals surface area contributed by atoms with Crippen LogP contribution < -0.4 is 5.32 Å². The number of carbonyl (C=O) groups excluding carboxylic acids is 1. The van der Waals surface area contributed by atoms with Crippen molar-refractivity contribution in [2.24, 2.45) is 0 Å². The fourth-order valence-corrected chi connectivity index (χ4v) is 3.04. The minimum Gasteiger partial charge on any atom is -0.381 e. The number of aromatic nitrogens is 2. The Kier molecular flexibility index (Phi) is 5.08. The molecule has 2 heterocycles. The zero-order valence-corrected chi connectivity index (χ0v) is 13.4. The van der Waals surface area contributed by atoms with Crippen LogP contribution in [0, 0.1) is 0 Å². The van der Waals surface area contributed by atoms with E-state index in [0.29, 0.717) is 6.04 Å². The standard InChI is InChI=1S/C18H23N3O2/c1-2-17(14-6-4-3-5-7-14)18(22)20-15-12-19-21(13-15)16-8-10-23-11-9-16/h3-7,12-13,16-17H,2,8-11H2,1H3,(H,20,22)/t17-/m0/s1. The molecule has 1 aliphatic rings. The molecule has 1 atom stereocenters. The maximum absolute atomic E-state index is 12.6. The van der Waals surface area contributed by atoms with E-state index in [-0.39, 0.29) is 11.8 Å². The van der Waals surface area contributed by atoms with Crippen LogP contribution in [0.15, 0.2) is 42.7 Å². The topological polar surface area (TPSA) is 56.2 Å². The summed E-state index contributed by atoms with van der Waals surface area (Å²) in [5.41, 5.74) is 1.81. The van der Waals surface area contributed by atoms with Crippen LogP contribution in [0.25, 0.3) is 0 Å². The first kappa shape index (κ1) is 15.7. The van der Waals surface area contributed by atoms with Gasteiger partial charge in [-0.25, -0.2) is 0 Å². The first-order valence-electron chi connectivity index (χ1n) is 8.25. The normalized spacial score (nSPS) is 16.9. The predicted molar refractivity (Wildman–Crippen MR) is 89.4 cm³/mol. The number of benzene rings is 1. The molecule has 1 aromatic heterocycles. The molecule has 0 unspecified atom stereocenters. The number of hydrogen-bond acceptors (Lipinski definition) is 3. The summed E-state index contributed by atoms with van der Waals surface area (Å²) in [6.45, 7) is 3.58. The molecule has 1 saturated heterocycles. The molecule has 1 aliphatic heterocycles. The van der Waals surface area contributed by atoms with Crippen molar-refractivity contribution in [3.8, 4) is 0 Å². The van der Waals surface area contributed by atoms with Crippen LogP contribution in [0.4, 0.5) is 5.69 Å². The Labute approximate surface area is 136 Å². The predicted octanol–water partition coefficient (Wildman–Crippen LogP) is 3.37. The monoisotopic (exact) mass is 313 g/mol.